The lowest BCUT2D eigenvalue weighted by atomic mass is 9.91. The molecule has 0 spiro atoms. The second-order valence-corrected chi connectivity index (χ2v) is 7.80. The van der Waals surface area contributed by atoms with E-state index in [9.17, 15) is 9.59 Å². The summed E-state index contributed by atoms with van der Waals surface area (Å²) in [6.45, 7) is 3.92. The number of para-hydroxylation sites is 1. The molecule has 0 radical (unpaired) electrons. The number of hydrogen-bond donors (Lipinski definition) is 1. The van der Waals surface area contributed by atoms with E-state index in [0.717, 1.165) is 25.0 Å². The van der Waals surface area contributed by atoms with Gasteiger partial charge in [-0.15, -0.1) is 0 Å². The van der Waals surface area contributed by atoms with Crippen LogP contribution in [-0.4, -0.2) is 49.1 Å². The largest absolute Gasteiger partial charge is 0.481 e. The van der Waals surface area contributed by atoms with E-state index in [1.165, 1.54) is 17.5 Å². The molecule has 1 aliphatic carbocycles. The maximum Gasteiger partial charge on any atom is 0.265 e. The molecule has 0 saturated carbocycles. The van der Waals surface area contributed by atoms with Gasteiger partial charge in [0, 0.05) is 13.1 Å². The molecule has 1 fully saturated rings. The maximum absolute atomic E-state index is 12.9. The van der Waals surface area contributed by atoms with Gasteiger partial charge in [0.2, 0.25) is 0 Å². The molecular formula is C24H28N2O4. The van der Waals surface area contributed by atoms with Crippen molar-refractivity contribution in [3.8, 4) is 5.75 Å². The van der Waals surface area contributed by atoms with E-state index < -0.39 is 6.10 Å². The molecule has 0 aromatic heterocycles. The number of rotatable bonds is 5. The van der Waals surface area contributed by atoms with E-state index in [1.807, 2.05) is 18.2 Å². The van der Waals surface area contributed by atoms with Crippen molar-refractivity contribution < 1.29 is 19.1 Å². The van der Waals surface area contributed by atoms with Crippen LogP contribution in [0.2, 0.25) is 0 Å². The van der Waals surface area contributed by atoms with Crippen LogP contribution in [0, 0.1) is 0 Å². The molecule has 1 heterocycles. The molecule has 2 aromatic rings. The number of fused-ring (bicyclic) bond motifs is 1. The fourth-order valence-corrected chi connectivity index (χ4v) is 4.05. The van der Waals surface area contributed by atoms with Crippen molar-refractivity contribution in [2.75, 3.05) is 31.6 Å². The van der Waals surface area contributed by atoms with Gasteiger partial charge in [-0.05, 0) is 61.9 Å². The minimum Gasteiger partial charge on any atom is -0.481 e. The van der Waals surface area contributed by atoms with Gasteiger partial charge in [0.05, 0.1) is 24.5 Å². The number of nitrogens with zero attached hydrogens (tertiary/aromatic N) is 1. The molecule has 6 nitrogen and oxygen atoms in total. The number of carbonyl (C=O) groups is 2. The van der Waals surface area contributed by atoms with Gasteiger partial charge < -0.3 is 19.7 Å². The SMILES string of the molecule is C[C@@H](Oc1cccc2c1CCCC2)C(=O)Nc1ccccc1C(=O)N1CCOCC1. The van der Waals surface area contributed by atoms with Crippen LogP contribution in [0.3, 0.4) is 0 Å². The molecule has 0 unspecified atom stereocenters. The van der Waals surface area contributed by atoms with Crippen LogP contribution in [0.4, 0.5) is 5.69 Å². The smallest absolute Gasteiger partial charge is 0.265 e. The summed E-state index contributed by atoms with van der Waals surface area (Å²) in [6, 6.07) is 13.2. The van der Waals surface area contributed by atoms with Gasteiger partial charge in [-0.25, -0.2) is 0 Å². The Morgan fingerprint density at radius 3 is 2.63 bits per heavy atom. The van der Waals surface area contributed by atoms with Crippen molar-refractivity contribution in [3.05, 3.63) is 59.2 Å². The summed E-state index contributed by atoms with van der Waals surface area (Å²) in [6.07, 6.45) is 3.71. The van der Waals surface area contributed by atoms with Crippen molar-refractivity contribution in [1.82, 2.24) is 4.90 Å². The highest BCUT2D eigenvalue weighted by molar-refractivity contribution is 6.04. The van der Waals surface area contributed by atoms with E-state index >= 15 is 0 Å². The third kappa shape index (κ3) is 4.49. The standard InChI is InChI=1S/C24H28N2O4/c1-17(30-22-12-6-8-18-7-2-3-9-19(18)22)23(27)25-21-11-5-4-10-20(21)24(28)26-13-15-29-16-14-26/h4-6,8,10-12,17H,2-3,7,9,13-16H2,1H3,(H,25,27)/t17-/m1/s1. The summed E-state index contributed by atoms with van der Waals surface area (Å²) in [5, 5.41) is 2.89. The summed E-state index contributed by atoms with van der Waals surface area (Å²) in [5.41, 5.74) is 3.51. The number of nitrogens with one attached hydrogen (secondary N) is 1. The van der Waals surface area contributed by atoms with E-state index in [1.54, 1.807) is 30.0 Å². The van der Waals surface area contributed by atoms with Crippen molar-refractivity contribution in [1.29, 1.82) is 0 Å². The zero-order chi connectivity index (χ0) is 20.9. The third-order valence-corrected chi connectivity index (χ3v) is 5.74. The van der Waals surface area contributed by atoms with Gasteiger partial charge in [0.25, 0.3) is 11.8 Å². The van der Waals surface area contributed by atoms with E-state index in [-0.39, 0.29) is 11.8 Å². The van der Waals surface area contributed by atoms with E-state index in [0.29, 0.717) is 37.6 Å². The average molecular weight is 408 g/mol. The predicted molar refractivity (Wildman–Crippen MR) is 115 cm³/mol. The zero-order valence-corrected chi connectivity index (χ0v) is 17.4. The first-order chi connectivity index (χ1) is 14.6. The Hall–Kier alpha value is -2.86. The van der Waals surface area contributed by atoms with Crippen LogP contribution in [0.15, 0.2) is 42.5 Å². The quantitative estimate of drug-likeness (QED) is 0.823. The Kier molecular flexibility index (Phi) is 6.33. The van der Waals surface area contributed by atoms with Crippen LogP contribution in [-0.2, 0) is 22.4 Å². The fraction of sp³-hybridized carbons (Fsp3) is 0.417. The molecule has 1 saturated heterocycles. The lowest BCUT2D eigenvalue weighted by Gasteiger charge is -2.27. The van der Waals surface area contributed by atoms with Crippen LogP contribution < -0.4 is 10.1 Å². The highest BCUT2D eigenvalue weighted by Gasteiger charge is 2.24. The lowest BCUT2D eigenvalue weighted by Crippen LogP contribution is -2.41. The number of carbonyl (C=O) groups excluding carboxylic acids is 2. The first kappa shape index (κ1) is 20.4. The Balaban J connectivity index is 1.46. The number of ether oxygens (including phenoxy) is 2. The number of morpholine rings is 1. The van der Waals surface area contributed by atoms with Gasteiger partial charge in [-0.3, -0.25) is 9.59 Å². The maximum atomic E-state index is 12.9. The summed E-state index contributed by atoms with van der Waals surface area (Å²) in [5.74, 6) is 0.415. The molecule has 4 rings (SSSR count). The molecule has 1 atom stereocenters. The molecule has 30 heavy (non-hydrogen) atoms. The summed E-state index contributed by atoms with van der Waals surface area (Å²) in [4.78, 5) is 27.5. The average Bonchev–Trinajstić information content (AvgIpc) is 2.80. The summed E-state index contributed by atoms with van der Waals surface area (Å²) >= 11 is 0. The minimum absolute atomic E-state index is 0.0973. The van der Waals surface area contributed by atoms with Crippen molar-refractivity contribution in [2.24, 2.45) is 0 Å². The second-order valence-electron chi connectivity index (χ2n) is 7.80. The highest BCUT2D eigenvalue weighted by Crippen LogP contribution is 2.30. The van der Waals surface area contributed by atoms with E-state index in [2.05, 4.69) is 11.4 Å². The van der Waals surface area contributed by atoms with Gasteiger partial charge >= 0.3 is 0 Å². The molecule has 0 bridgehead atoms. The number of aryl methyl sites for hydroxylation is 1. The Morgan fingerprint density at radius 2 is 1.80 bits per heavy atom. The molecule has 1 aliphatic heterocycles. The van der Waals surface area contributed by atoms with Crippen LogP contribution in [0.25, 0.3) is 0 Å². The van der Waals surface area contributed by atoms with Crippen LogP contribution in [0.1, 0.15) is 41.3 Å². The number of amides is 2. The first-order valence-corrected chi connectivity index (χ1v) is 10.7. The van der Waals surface area contributed by atoms with Gasteiger partial charge in [-0.1, -0.05) is 24.3 Å². The summed E-state index contributed by atoms with van der Waals surface area (Å²) < 4.78 is 11.4. The molecular weight excluding hydrogens is 380 g/mol. The van der Waals surface area contributed by atoms with Crippen molar-refractivity contribution in [2.45, 2.75) is 38.7 Å². The Morgan fingerprint density at radius 1 is 1.03 bits per heavy atom. The van der Waals surface area contributed by atoms with Crippen LogP contribution in [0.5, 0.6) is 5.75 Å². The van der Waals surface area contributed by atoms with Gasteiger partial charge in [0.1, 0.15) is 5.75 Å². The zero-order valence-electron chi connectivity index (χ0n) is 17.4. The molecule has 2 aliphatic rings. The molecule has 2 aromatic carbocycles. The number of anilines is 1. The topological polar surface area (TPSA) is 67.9 Å². The van der Waals surface area contributed by atoms with Gasteiger partial charge in [-0.2, -0.15) is 0 Å². The third-order valence-electron chi connectivity index (χ3n) is 5.74. The molecule has 6 heteroatoms. The monoisotopic (exact) mass is 408 g/mol. The predicted octanol–water partition coefficient (Wildman–Crippen LogP) is 3.44. The molecule has 1 N–H and O–H groups in total. The fourth-order valence-electron chi connectivity index (χ4n) is 4.05. The summed E-state index contributed by atoms with van der Waals surface area (Å²) in [7, 11) is 0. The van der Waals surface area contributed by atoms with Crippen molar-refractivity contribution in [3.63, 3.8) is 0 Å². The van der Waals surface area contributed by atoms with Gasteiger partial charge in [0.15, 0.2) is 6.10 Å². The molecule has 158 valence electrons. The Labute approximate surface area is 177 Å². The minimum atomic E-state index is -0.676. The Bertz CT molecular complexity index is 921. The highest BCUT2D eigenvalue weighted by atomic mass is 16.5. The second kappa shape index (κ2) is 9.30. The lowest BCUT2D eigenvalue weighted by molar-refractivity contribution is -0.122. The molecule has 2 amide bonds. The van der Waals surface area contributed by atoms with Crippen LogP contribution >= 0.6 is 0 Å². The van der Waals surface area contributed by atoms with E-state index in [4.69, 9.17) is 9.47 Å². The number of hydrogen-bond acceptors (Lipinski definition) is 4. The normalized spacial score (nSPS) is 17.0. The number of benzene rings is 2. The first-order valence-electron chi connectivity index (χ1n) is 10.7. The van der Waals surface area contributed by atoms with Crippen molar-refractivity contribution >= 4 is 17.5 Å².